The summed E-state index contributed by atoms with van der Waals surface area (Å²) in [5.74, 6) is -0.309. The predicted molar refractivity (Wildman–Crippen MR) is 107 cm³/mol. The van der Waals surface area contributed by atoms with E-state index in [1.165, 1.54) is 4.90 Å². The molecule has 1 atom stereocenters. The minimum Gasteiger partial charge on any atom is -0.457 e. The number of hydrogen-bond donors (Lipinski definition) is 1. The van der Waals surface area contributed by atoms with Gasteiger partial charge in [0.2, 0.25) is 0 Å². The number of primary amides is 1. The first-order valence-electron chi connectivity index (χ1n) is 9.13. The lowest BCUT2D eigenvalue weighted by molar-refractivity contribution is -0.148. The van der Waals surface area contributed by atoms with Crippen LogP contribution in [0, 0.1) is 0 Å². The first-order chi connectivity index (χ1) is 13.6. The molecule has 3 aromatic carbocycles. The zero-order valence-corrected chi connectivity index (χ0v) is 15.2. The van der Waals surface area contributed by atoms with Gasteiger partial charge in [0.15, 0.2) is 0 Å². The molecule has 4 rings (SSSR count). The topological polar surface area (TPSA) is 72.6 Å². The van der Waals surface area contributed by atoms with Gasteiger partial charge in [-0.05, 0) is 23.3 Å². The van der Waals surface area contributed by atoms with Gasteiger partial charge in [-0.15, -0.1) is 0 Å². The second kappa shape index (κ2) is 7.56. The Morgan fingerprint density at radius 1 is 0.893 bits per heavy atom. The molecule has 0 unspecified atom stereocenters. The second-order valence-electron chi connectivity index (χ2n) is 6.71. The SMILES string of the molecule is NC(=O)N1c2ccccc2C[C@H](OC(=O)Cc2ccccc2)c2ccccc21. The van der Waals surface area contributed by atoms with Gasteiger partial charge < -0.3 is 10.5 Å². The number of carbonyl (C=O) groups is 2. The van der Waals surface area contributed by atoms with Crippen molar-refractivity contribution in [3.8, 4) is 0 Å². The van der Waals surface area contributed by atoms with Crippen molar-refractivity contribution in [3.05, 3.63) is 95.6 Å². The summed E-state index contributed by atoms with van der Waals surface area (Å²) in [6.07, 6.45) is 0.163. The zero-order valence-electron chi connectivity index (χ0n) is 15.2. The number of ether oxygens (including phenoxy) is 1. The molecule has 2 amide bonds. The van der Waals surface area contributed by atoms with Gasteiger partial charge in [-0.3, -0.25) is 9.69 Å². The van der Waals surface area contributed by atoms with Crippen LogP contribution in [0.15, 0.2) is 78.9 Å². The fourth-order valence-electron chi connectivity index (χ4n) is 3.61. The standard InChI is InChI=1S/C23H20N2O3/c24-23(27)25-19-12-6-4-10-17(19)15-21(18-11-5-7-13-20(18)25)28-22(26)14-16-8-2-1-3-9-16/h1-13,21H,14-15H2,(H2,24,27)/t21-/m0/s1. The van der Waals surface area contributed by atoms with Crippen molar-refractivity contribution in [1.29, 1.82) is 0 Å². The van der Waals surface area contributed by atoms with Gasteiger partial charge in [0.1, 0.15) is 6.10 Å². The Hall–Kier alpha value is -3.60. The molecule has 3 aromatic rings. The highest BCUT2D eigenvalue weighted by atomic mass is 16.5. The number of hydrogen-bond acceptors (Lipinski definition) is 3. The molecule has 2 N–H and O–H groups in total. The van der Waals surface area contributed by atoms with E-state index in [1.807, 2.05) is 78.9 Å². The van der Waals surface area contributed by atoms with Crippen LogP contribution < -0.4 is 10.6 Å². The van der Waals surface area contributed by atoms with Crippen molar-refractivity contribution in [3.63, 3.8) is 0 Å². The van der Waals surface area contributed by atoms with Crippen molar-refractivity contribution in [2.24, 2.45) is 5.73 Å². The van der Waals surface area contributed by atoms with Gasteiger partial charge in [0, 0.05) is 12.0 Å². The Balaban J connectivity index is 1.70. The number of urea groups is 1. The molecule has 0 spiro atoms. The lowest BCUT2D eigenvalue weighted by atomic mass is 10.0. The van der Waals surface area contributed by atoms with Crippen LogP contribution in [-0.4, -0.2) is 12.0 Å². The van der Waals surface area contributed by atoms with Crippen LogP contribution in [-0.2, 0) is 22.4 Å². The number of esters is 1. The molecule has 1 aliphatic heterocycles. The molecule has 0 radical (unpaired) electrons. The van der Waals surface area contributed by atoms with Gasteiger partial charge in [-0.25, -0.2) is 4.79 Å². The molecule has 140 valence electrons. The number of benzene rings is 3. The van der Waals surface area contributed by atoms with Crippen LogP contribution in [0.3, 0.4) is 0 Å². The maximum absolute atomic E-state index is 12.6. The highest BCUT2D eigenvalue weighted by Gasteiger charge is 2.31. The summed E-state index contributed by atoms with van der Waals surface area (Å²) in [7, 11) is 0. The van der Waals surface area contributed by atoms with Crippen LogP contribution in [0.25, 0.3) is 0 Å². The summed E-state index contributed by atoms with van der Waals surface area (Å²) in [6.45, 7) is 0. The number of anilines is 2. The molecule has 0 aromatic heterocycles. The van der Waals surface area contributed by atoms with E-state index in [0.29, 0.717) is 17.8 Å². The predicted octanol–water partition coefficient (Wildman–Crippen LogP) is 4.29. The molecule has 0 bridgehead atoms. The van der Waals surface area contributed by atoms with Crippen molar-refractivity contribution in [1.82, 2.24) is 0 Å². The first kappa shape index (κ1) is 17.8. The van der Waals surface area contributed by atoms with E-state index in [9.17, 15) is 9.59 Å². The Morgan fingerprint density at radius 2 is 1.54 bits per heavy atom. The largest absolute Gasteiger partial charge is 0.457 e. The fraction of sp³-hybridized carbons (Fsp3) is 0.130. The lowest BCUT2D eigenvalue weighted by Crippen LogP contribution is -2.32. The number of para-hydroxylation sites is 2. The third-order valence-corrected chi connectivity index (χ3v) is 4.85. The van der Waals surface area contributed by atoms with Gasteiger partial charge in [-0.2, -0.15) is 0 Å². The summed E-state index contributed by atoms with van der Waals surface area (Å²) >= 11 is 0. The van der Waals surface area contributed by atoms with Crippen LogP contribution in [0.4, 0.5) is 16.2 Å². The Morgan fingerprint density at radius 3 is 2.29 bits per heavy atom. The highest BCUT2D eigenvalue weighted by Crippen LogP contribution is 2.41. The van der Waals surface area contributed by atoms with Crippen LogP contribution in [0.2, 0.25) is 0 Å². The van der Waals surface area contributed by atoms with Crippen LogP contribution >= 0.6 is 0 Å². The van der Waals surface area contributed by atoms with E-state index in [2.05, 4.69) is 0 Å². The molecule has 0 saturated carbocycles. The average Bonchev–Trinajstić information content (AvgIpc) is 2.83. The fourth-order valence-corrected chi connectivity index (χ4v) is 3.61. The maximum Gasteiger partial charge on any atom is 0.323 e. The first-order valence-corrected chi connectivity index (χ1v) is 9.13. The Labute approximate surface area is 163 Å². The van der Waals surface area contributed by atoms with E-state index in [-0.39, 0.29) is 12.4 Å². The smallest absolute Gasteiger partial charge is 0.323 e. The molecule has 28 heavy (non-hydrogen) atoms. The number of carbonyl (C=O) groups excluding carboxylic acids is 2. The minimum absolute atomic E-state index is 0.195. The molecule has 0 saturated heterocycles. The van der Waals surface area contributed by atoms with E-state index in [4.69, 9.17) is 10.5 Å². The molecule has 1 heterocycles. The van der Waals surface area contributed by atoms with Crippen molar-refractivity contribution >= 4 is 23.4 Å². The summed E-state index contributed by atoms with van der Waals surface area (Å²) in [5.41, 5.74) is 9.60. The normalized spacial score (nSPS) is 15.1. The van der Waals surface area contributed by atoms with E-state index in [1.54, 1.807) is 0 Å². The molecular weight excluding hydrogens is 352 g/mol. The van der Waals surface area contributed by atoms with Gasteiger partial charge in [0.05, 0.1) is 17.8 Å². The van der Waals surface area contributed by atoms with E-state index in [0.717, 1.165) is 16.7 Å². The molecule has 5 nitrogen and oxygen atoms in total. The molecular formula is C23H20N2O3. The summed E-state index contributed by atoms with van der Waals surface area (Å²) in [6, 6.07) is 23.8. The highest BCUT2D eigenvalue weighted by molar-refractivity contribution is 6.00. The minimum atomic E-state index is -0.573. The Kier molecular flexibility index (Phi) is 4.81. The number of rotatable bonds is 3. The van der Waals surface area contributed by atoms with E-state index < -0.39 is 12.1 Å². The number of fused-ring (bicyclic) bond motifs is 2. The van der Waals surface area contributed by atoms with Gasteiger partial charge in [0.25, 0.3) is 0 Å². The number of nitrogens with zero attached hydrogens (tertiary/aromatic N) is 1. The monoisotopic (exact) mass is 372 g/mol. The molecule has 0 fully saturated rings. The number of amides is 2. The van der Waals surface area contributed by atoms with Gasteiger partial charge >= 0.3 is 12.0 Å². The average molecular weight is 372 g/mol. The van der Waals surface area contributed by atoms with Gasteiger partial charge in [-0.1, -0.05) is 66.7 Å². The van der Waals surface area contributed by atoms with E-state index >= 15 is 0 Å². The Bertz CT molecular complexity index is 1020. The zero-order chi connectivity index (χ0) is 19.5. The van der Waals surface area contributed by atoms with Crippen LogP contribution in [0.5, 0.6) is 0 Å². The third-order valence-electron chi connectivity index (χ3n) is 4.85. The van der Waals surface area contributed by atoms with Crippen molar-refractivity contribution in [2.75, 3.05) is 4.90 Å². The quantitative estimate of drug-likeness (QED) is 0.697. The van der Waals surface area contributed by atoms with Crippen molar-refractivity contribution in [2.45, 2.75) is 18.9 Å². The molecule has 1 aliphatic rings. The summed E-state index contributed by atoms with van der Waals surface area (Å²) in [5, 5.41) is 0. The number of nitrogens with two attached hydrogens (primary N) is 1. The van der Waals surface area contributed by atoms with Crippen molar-refractivity contribution < 1.29 is 14.3 Å². The summed E-state index contributed by atoms with van der Waals surface area (Å²) < 4.78 is 5.87. The van der Waals surface area contributed by atoms with Crippen LogP contribution in [0.1, 0.15) is 22.8 Å². The third kappa shape index (κ3) is 3.47. The lowest BCUT2D eigenvalue weighted by Gasteiger charge is -2.23. The summed E-state index contributed by atoms with van der Waals surface area (Å²) in [4.78, 5) is 26.3. The second-order valence-corrected chi connectivity index (χ2v) is 6.71. The molecule has 5 heteroatoms. The molecule has 0 aliphatic carbocycles. The maximum atomic E-state index is 12.6.